The van der Waals surface area contributed by atoms with E-state index in [9.17, 15) is 4.79 Å². The SMILES string of the molecule is CCCCC(CC)C(=O)Cc1ccc(Br)cc1. The van der Waals surface area contributed by atoms with Crippen molar-refractivity contribution in [2.45, 2.75) is 46.0 Å². The number of hydrogen-bond acceptors (Lipinski definition) is 1. The van der Waals surface area contributed by atoms with Gasteiger partial charge in [-0.3, -0.25) is 4.79 Å². The fourth-order valence-electron chi connectivity index (χ4n) is 1.99. The number of Topliss-reactive ketones (excluding diaryl/α,β-unsaturated/α-hetero) is 1. The largest absolute Gasteiger partial charge is 0.299 e. The van der Waals surface area contributed by atoms with Gasteiger partial charge in [-0.05, 0) is 30.5 Å². The van der Waals surface area contributed by atoms with E-state index in [0.717, 1.165) is 29.3 Å². The van der Waals surface area contributed by atoms with Gasteiger partial charge in [-0.15, -0.1) is 0 Å². The van der Waals surface area contributed by atoms with Crippen LogP contribution in [-0.4, -0.2) is 5.78 Å². The van der Waals surface area contributed by atoms with Crippen LogP contribution in [0.25, 0.3) is 0 Å². The number of halogens is 1. The van der Waals surface area contributed by atoms with Crippen molar-refractivity contribution in [3.05, 3.63) is 34.3 Å². The Bertz CT molecular complexity index is 342. The molecule has 0 saturated carbocycles. The highest BCUT2D eigenvalue weighted by molar-refractivity contribution is 9.10. The first-order valence-corrected chi connectivity index (χ1v) is 7.23. The van der Waals surface area contributed by atoms with E-state index in [1.807, 2.05) is 24.3 Å². The van der Waals surface area contributed by atoms with Crippen LogP contribution in [0, 0.1) is 5.92 Å². The fourth-order valence-corrected chi connectivity index (χ4v) is 2.26. The Morgan fingerprint density at radius 3 is 2.41 bits per heavy atom. The molecule has 0 heterocycles. The van der Waals surface area contributed by atoms with Crippen molar-refractivity contribution in [1.29, 1.82) is 0 Å². The summed E-state index contributed by atoms with van der Waals surface area (Å²) in [5.41, 5.74) is 1.12. The second kappa shape index (κ2) is 7.65. The second-order valence-corrected chi connectivity index (χ2v) is 5.43. The van der Waals surface area contributed by atoms with E-state index in [0.29, 0.717) is 12.2 Å². The molecule has 0 aliphatic rings. The molecule has 1 aromatic carbocycles. The van der Waals surface area contributed by atoms with E-state index >= 15 is 0 Å². The summed E-state index contributed by atoms with van der Waals surface area (Å²) in [6.07, 6.45) is 4.92. The van der Waals surface area contributed by atoms with Crippen molar-refractivity contribution in [3.8, 4) is 0 Å². The average molecular weight is 297 g/mol. The average Bonchev–Trinajstić information content (AvgIpc) is 2.33. The molecule has 0 aliphatic carbocycles. The molecule has 0 saturated heterocycles. The summed E-state index contributed by atoms with van der Waals surface area (Å²) >= 11 is 3.40. The van der Waals surface area contributed by atoms with Crippen molar-refractivity contribution in [2.24, 2.45) is 5.92 Å². The van der Waals surface area contributed by atoms with Crippen molar-refractivity contribution >= 4 is 21.7 Å². The van der Waals surface area contributed by atoms with Gasteiger partial charge in [-0.1, -0.05) is 54.8 Å². The summed E-state index contributed by atoms with van der Waals surface area (Å²) in [5, 5.41) is 0. The maximum atomic E-state index is 12.1. The Morgan fingerprint density at radius 2 is 1.88 bits per heavy atom. The van der Waals surface area contributed by atoms with Gasteiger partial charge in [-0.25, -0.2) is 0 Å². The number of hydrogen-bond donors (Lipinski definition) is 0. The van der Waals surface area contributed by atoms with E-state index < -0.39 is 0 Å². The molecule has 0 amide bonds. The van der Waals surface area contributed by atoms with Crippen LogP contribution in [0.1, 0.15) is 45.1 Å². The molecule has 0 N–H and O–H groups in total. The third-order valence-corrected chi connectivity index (χ3v) is 3.67. The lowest BCUT2D eigenvalue weighted by molar-refractivity contribution is -0.122. The third-order valence-electron chi connectivity index (χ3n) is 3.15. The van der Waals surface area contributed by atoms with Crippen LogP contribution in [-0.2, 0) is 11.2 Å². The molecule has 1 rings (SSSR count). The van der Waals surface area contributed by atoms with Crippen LogP contribution in [0.5, 0.6) is 0 Å². The van der Waals surface area contributed by atoms with Gasteiger partial charge >= 0.3 is 0 Å². The van der Waals surface area contributed by atoms with Gasteiger partial charge < -0.3 is 0 Å². The Hall–Kier alpha value is -0.630. The predicted molar refractivity (Wildman–Crippen MR) is 76.2 cm³/mol. The van der Waals surface area contributed by atoms with E-state index in [2.05, 4.69) is 29.8 Å². The number of rotatable bonds is 7. The monoisotopic (exact) mass is 296 g/mol. The van der Waals surface area contributed by atoms with Crippen LogP contribution in [0.15, 0.2) is 28.7 Å². The lowest BCUT2D eigenvalue weighted by Crippen LogP contribution is -2.16. The van der Waals surface area contributed by atoms with Crippen LogP contribution in [0.4, 0.5) is 0 Å². The van der Waals surface area contributed by atoms with Crippen molar-refractivity contribution in [1.82, 2.24) is 0 Å². The molecule has 0 bridgehead atoms. The van der Waals surface area contributed by atoms with E-state index in [-0.39, 0.29) is 5.92 Å². The number of ketones is 1. The lowest BCUT2D eigenvalue weighted by Gasteiger charge is -2.13. The molecule has 1 unspecified atom stereocenters. The molecule has 94 valence electrons. The molecule has 0 aliphatic heterocycles. The Morgan fingerprint density at radius 1 is 1.24 bits per heavy atom. The first-order chi connectivity index (χ1) is 8.17. The van der Waals surface area contributed by atoms with Crippen LogP contribution >= 0.6 is 15.9 Å². The molecule has 1 aromatic rings. The topological polar surface area (TPSA) is 17.1 Å². The maximum absolute atomic E-state index is 12.1. The standard InChI is InChI=1S/C15H21BrO/c1-3-5-6-13(4-2)15(17)11-12-7-9-14(16)10-8-12/h7-10,13H,3-6,11H2,1-2H3. The minimum absolute atomic E-state index is 0.249. The molecule has 17 heavy (non-hydrogen) atoms. The molecule has 2 heteroatoms. The van der Waals surface area contributed by atoms with Gasteiger partial charge in [0.15, 0.2) is 0 Å². The first-order valence-electron chi connectivity index (χ1n) is 6.44. The third kappa shape index (κ3) is 5.03. The molecule has 0 aromatic heterocycles. The van der Waals surface area contributed by atoms with Crippen molar-refractivity contribution in [3.63, 3.8) is 0 Å². The molecule has 0 spiro atoms. The van der Waals surface area contributed by atoms with E-state index in [1.165, 1.54) is 6.42 Å². The Balaban J connectivity index is 2.54. The summed E-state index contributed by atoms with van der Waals surface area (Å²) in [5.74, 6) is 0.641. The maximum Gasteiger partial charge on any atom is 0.140 e. The minimum atomic E-state index is 0.249. The number of benzene rings is 1. The van der Waals surface area contributed by atoms with Gasteiger partial charge in [-0.2, -0.15) is 0 Å². The second-order valence-electron chi connectivity index (χ2n) is 4.52. The van der Waals surface area contributed by atoms with Crippen LogP contribution < -0.4 is 0 Å². The number of carbonyl (C=O) groups is 1. The highest BCUT2D eigenvalue weighted by Gasteiger charge is 2.15. The van der Waals surface area contributed by atoms with Gasteiger partial charge in [0.05, 0.1) is 0 Å². The molecule has 1 atom stereocenters. The van der Waals surface area contributed by atoms with Crippen LogP contribution in [0.2, 0.25) is 0 Å². The summed E-state index contributed by atoms with van der Waals surface area (Å²) in [4.78, 5) is 12.1. The smallest absolute Gasteiger partial charge is 0.140 e. The zero-order valence-electron chi connectivity index (χ0n) is 10.7. The molecule has 0 fully saturated rings. The lowest BCUT2D eigenvalue weighted by atomic mass is 9.91. The summed E-state index contributed by atoms with van der Waals surface area (Å²) in [6.45, 7) is 4.28. The number of unbranched alkanes of at least 4 members (excludes halogenated alkanes) is 1. The van der Waals surface area contributed by atoms with Gasteiger partial charge in [0.2, 0.25) is 0 Å². The molecular formula is C15H21BrO. The molecular weight excluding hydrogens is 276 g/mol. The van der Waals surface area contributed by atoms with Crippen LogP contribution in [0.3, 0.4) is 0 Å². The molecule has 0 radical (unpaired) electrons. The van der Waals surface area contributed by atoms with Crippen molar-refractivity contribution < 1.29 is 4.79 Å². The quantitative estimate of drug-likeness (QED) is 0.708. The Kier molecular flexibility index (Phi) is 6.49. The summed E-state index contributed by atoms with van der Waals surface area (Å²) < 4.78 is 1.06. The zero-order valence-corrected chi connectivity index (χ0v) is 12.3. The zero-order chi connectivity index (χ0) is 12.7. The number of carbonyl (C=O) groups excluding carboxylic acids is 1. The predicted octanol–water partition coefficient (Wildman–Crippen LogP) is 4.78. The highest BCUT2D eigenvalue weighted by atomic mass is 79.9. The Labute approximate surface area is 113 Å². The fraction of sp³-hybridized carbons (Fsp3) is 0.533. The normalized spacial score (nSPS) is 12.4. The van der Waals surface area contributed by atoms with Gasteiger partial charge in [0.25, 0.3) is 0 Å². The van der Waals surface area contributed by atoms with Crippen molar-refractivity contribution in [2.75, 3.05) is 0 Å². The highest BCUT2D eigenvalue weighted by Crippen LogP contribution is 2.17. The molecule has 1 nitrogen and oxygen atoms in total. The van der Waals surface area contributed by atoms with E-state index in [1.54, 1.807) is 0 Å². The summed E-state index contributed by atoms with van der Waals surface area (Å²) in [6, 6.07) is 8.04. The van der Waals surface area contributed by atoms with E-state index in [4.69, 9.17) is 0 Å². The summed E-state index contributed by atoms with van der Waals surface area (Å²) in [7, 11) is 0. The first kappa shape index (κ1) is 14.4. The van der Waals surface area contributed by atoms with Gasteiger partial charge in [0, 0.05) is 16.8 Å². The van der Waals surface area contributed by atoms with Gasteiger partial charge in [0.1, 0.15) is 5.78 Å². The minimum Gasteiger partial charge on any atom is -0.299 e.